The van der Waals surface area contributed by atoms with Gasteiger partial charge < -0.3 is 23.8 Å². The number of aromatic nitrogens is 2. The molecule has 12 nitrogen and oxygen atoms in total. The van der Waals surface area contributed by atoms with Gasteiger partial charge in [0, 0.05) is 82.5 Å². The summed E-state index contributed by atoms with van der Waals surface area (Å²) in [6, 6.07) is 14.6. The van der Waals surface area contributed by atoms with E-state index in [9.17, 15) is 19.2 Å². The first-order chi connectivity index (χ1) is 24.3. The number of nitrogens with one attached hydrogen (secondary N) is 1. The van der Waals surface area contributed by atoms with Crippen LogP contribution >= 0.6 is 0 Å². The summed E-state index contributed by atoms with van der Waals surface area (Å²) in [5, 5.41) is 3.82. The van der Waals surface area contributed by atoms with E-state index in [-0.39, 0.29) is 36.4 Å². The Morgan fingerprint density at radius 1 is 0.920 bits per heavy atom. The molecule has 0 bridgehead atoms. The molecule has 3 saturated heterocycles. The third-order valence-corrected chi connectivity index (χ3v) is 10.2. The molecule has 0 spiro atoms. The number of likely N-dealkylation sites (tertiary alicyclic amines) is 2. The molecule has 1 N–H and O–H groups in total. The van der Waals surface area contributed by atoms with Crippen LogP contribution in [-0.2, 0) is 11.8 Å². The molecule has 0 unspecified atom stereocenters. The van der Waals surface area contributed by atoms with Crippen molar-refractivity contribution in [1.29, 1.82) is 0 Å². The summed E-state index contributed by atoms with van der Waals surface area (Å²) < 4.78 is 13.4. The standard InChI is InChI=1S/C38H42N6O6/c1-41-24-32(30-9-15-39-22-31(30)37(41)47)26-3-6-28(7-4-26)50-29-12-16-42(17-13-29)23-25-10-18-43(19-11-25)36(46)27-5-8-34(49-2)33(21-27)44-20-14-35(45)40-38(44)48/h3-9,15,21-22,24-25,29H,10-14,16-20,23H2,1-2H3,(H,40,45,48). The van der Waals surface area contributed by atoms with Crippen LogP contribution in [0.5, 0.6) is 11.5 Å². The van der Waals surface area contributed by atoms with Crippen molar-refractivity contribution >= 4 is 34.3 Å². The van der Waals surface area contributed by atoms with E-state index in [2.05, 4.69) is 15.2 Å². The maximum atomic E-state index is 13.5. The molecule has 3 fully saturated rings. The molecule has 3 aliphatic heterocycles. The number of methoxy groups -OCH3 is 1. The van der Waals surface area contributed by atoms with E-state index in [0.717, 1.165) is 67.6 Å². The van der Waals surface area contributed by atoms with E-state index in [1.165, 1.54) is 12.0 Å². The molecule has 50 heavy (non-hydrogen) atoms. The molecule has 7 rings (SSSR count). The number of carbonyl (C=O) groups excluding carboxylic acids is 3. The fourth-order valence-corrected chi connectivity index (χ4v) is 7.35. The third-order valence-electron chi connectivity index (χ3n) is 10.2. The predicted octanol–water partition coefficient (Wildman–Crippen LogP) is 4.45. The minimum Gasteiger partial charge on any atom is -0.495 e. The fraction of sp³-hybridized carbons (Fsp3) is 0.395. The first kappa shape index (κ1) is 33.3. The third kappa shape index (κ3) is 6.93. The second-order valence-corrected chi connectivity index (χ2v) is 13.4. The molecule has 4 aromatic rings. The lowest BCUT2D eigenvalue weighted by Gasteiger charge is -2.37. The maximum Gasteiger partial charge on any atom is 0.328 e. The van der Waals surface area contributed by atoms with Crippen LogP contribution in [0.25, 0.3) is 21.9 Å². The number of urea groups is 1. The molecule has 0 radical (unpaired) electrons. The highest BCUT2D eigenvalue weighted by molar-refractivity contribution is 6.07. The van der Waals surface area contributed by atoms with Gasteiger partial charge in [0.05, 0.1) is 18.2 Å². The minimum absolute atomic E-state index is 0.0597. The number of amides is 4. The number of imide groups is 1. The number of hydrogen-bond donors (Lipinski definition) is 1. The summed E-state index contributed by atoms with van der Waals surface area (Å²) in [4.78, 5) is 60.2. The average molecular weight is 679 g/mol. The number of anilines is 1. The number of benzene rings is 2. The number of carbonyl (C=O) groups is 3. The Morgan fingerprint density at radius 2 is 1.68 bits per heavy atom. The average Bonchev–Trinajstić information content (AvgIpc) is 3.14. The first-order valence-corrected chi connectivity index (χ1v) is 17.3. The molecule has 12 heteroatoms. The number of nitrogens with zero attached hydrogens (tertiary/aromatic N) is 5. The van der Waals surface area contributed by atoms with Crippen LogP contribution in [0.2, 0.25) is 0 Å². The fourth-order valence-electron chi connectivity index (χ4n) is 7.35. The Balaban J connectivity index is 0.886. The molecule has 0 aliphatic carbocycles. The normalized spacial score (nSPS) is 18.0. The lowest BCUT2D eigenvalue weighted by Crippen LogP contribution is -2.49. The Bertz CT molecular complexity index is 1960. The molecule has 260 valence electrons. The van der Waals surface area contributed by atoms with Gasteiger partial charge in [0.2, 0.25) is 5.91 Å². The van der Waals surface area contributed by atoms with E-state index < -0.39 is 6.03 Å². The molecular formula is C38H42N6O6. The summed E-state index contributed by atoms with van der Waals surface area (Å²) in [7, 11) is 3.28. The van der Waals surface area contributed by atoms with Gasteiger partial charge in [-0.3, -0.25) is 29.6 Å². The Hall–Kier alpha value is -5.23. The van der Waals surface area contributed by atoms with E-state index >= 15 is 0 Å². The summed E-state index contributed by atoms with van der Waals surface area (Å²) in [5.74, 6) is 1.47. The van der Waals surface area contributed by atoms with Gasteiger partial charge in [0.1, 0.15) is 17.6 Å². The zero-order chi connectivity index (χ0) is 34.8. The van der Waals surface area contributed by atoms with Gasteiger partial charge in [0.15, 0.2) is 0 Å². The van der Waals surface area contributed by atoms with Gasteiger partial charge >= 0.3 is 6.03 Å². The van der Waals surface area contributed by atoms with Crippen LogP contribution in [0.15, 0.2) is 71.9 Å². The van der Waals surface area contributed by atoms with Gasteiger partial charge in [-0.15, -0.1) is 0 Å². The van der Waals surface area contributed by atoms with E-state index in [1.807, 2.05) is 41.4 Å². The predicted molar refractivity (Wildman–Crippen MR) is 190 cm³/mol. The molecule has 3 aliphatic rings. The SMILES string of the molecule is COc1ccc(C(=O)N2CCC(CN3CCC(Oc4ccc(-c5cn(C)c(=O)c6cnccc56)cc4)CC3)CC2)cc1N1CCC(=O)NC1=O. The Morgan fingerprint density at radius 3 is 2.40 bits per heavy atom. The minimum atomic E-state index is -0.513. The molecule has 5 heterocycles. The molecule has 0 saturated carbocycles. The second kappa shape index (κ2) is 14.3. The number of hydrogen-bond acceptors (Lipinski definition) is 8. The van der Waals surface area contributed by atoms with Crippen LogP contribution in [-0.4, -0.2) is 89.7 Å². The van der Waals surface area contributed by atoms with Crippen molar-refractivity contribution < 1.29 is 23.9 Å². The number of piperidine rings is 2. The van der Waals surface area contributed by atoms with Crippen LogP contribution in [0.3, 0.4) is 0 Å². The van der Waals surface area contributed by atoms with Crippen LogP contribution in [0.1, 0.15) is 42.5 Å². The van der Waals surface area contributed by atoms with Crippen molar-refractivity contribution in [2.75, 3.05) is 51.3 Å². The number of fused-ring (bicyclic) bond motifs is 1. The van der Waals surface area contributed by atoms with Crippen molar-refractivity contribution in [1.82, 2.24) is 24.7 Å². The van der Waals surface area contributed by atoms with E-state index in [4.69, 9.17) is 9.47 Å². The zero-order valence-electron chi connectivity index (χ0n) is 28.5. The van der Waals surface area contributed by atoms with Crippen LogP contribution in [0, 0.1) is 5.92 Å². The lowest BCUT2D eigenvalue weighted by atomic mass is 9.94. The monoisotopic (exact) mass is 678 g/mol. The van der Waals surface area contributed by atoms with Gasteiger partial charge in [-0.05, 0) is 78.9 Å². The molecule has 2 aromatic carbocycles. The van der Waals surface area contributed by atoms with Crippen molar-refractivity contribution in [2.45, 2.75) is 38.2 Å². The molecule has 0 atom stereocenters. The Kier molecular flexibility index (Phi) is 9.53. The first-order valence-electron chi connectivity index (χ1n) is 17.3. The zero-order valence-corrected chi connectivity index (χ0v) is 28.5. The molecule has 4 amide bonds. The summed E-state index contributed by atoms with van der Waals surface area (Å²) in [6.45, 7) is 4.57. The molecule has 2 aromatic heterocycles. The lowest BCUT2D eigenvalue weighted by molar-refractivity contribution is -0.120. The quantitative estimate of drug-likeness (QED) is 0.290. The highest BCUT2D eigenvalue weighted by Crippen LogP contribution is 2.32. The number of aryl methyl sites for hydroxylation is 1. The summed E-state index contributed by atoms with van der Waals surface area (Å²) in [6.07, 6.45) is 9.36. The number of ether oxygens (including phenoxy) is 2. The second-order valence-electron chi connectivity index (χ2n) is 13.4. The largest absolute Gasteiger partial charge is 0.495 e. The van der Waals surface area contributed by atoms with E-state index in [0.29, 0.717) is 41.4 Å². The van der Waals surface area contributed by atoms with Gasteiger partial charge in [-0.2, -0.15) is 0 Å². The molecular weight excluding hydrogens is 636 g/mol. The van der Waals surface area contributed by atoms with Crippen LogP contribution < -0.4 is 25.2 Å². The highest BCUT2D eigenvalue weighted by Gasteiger charge is 2.30. The van der Waals surface area contributed by atoms with Crippen molar-refractivity contribution in [2.24, 2.45) is 13.0 Å². The summed E-state index contributed by atoms with van der Waals surface area (Å²) in [5.41, 5.74) is 2.92. The van der Waals surface area contributed by atoms with Crippen molar-refractivity contribution in [3.8, 4) is 22.6 Å². The number of rotatable bonds is 8. The van der Waals surface area contributed by atoms with Gasteiger partial charge in [-0.25, -0.2) is 4.79 Å². The van der Waals surface area contributed by atoms with Crippen molar-refractivity contribution in [3.05, 3.63) is 83.0 Å². The Labute approximate surface area is 290 Å². The van der Waals surface area contributed by atoms with Crippen molar-refractivity contribution in [3.63, 3.8) is 0 Å². The van der Waals surface area contributed by atoms with Gasteiger partial charge in [-0.1, -0.05) is 12.1 Å². The highest BCUT2D eigenvalue weighted by atomic mass is 16.5. The van der Waals surface area contributed by atoms with Crippen LogP contribution in [0.4, 0.5) is 10.5 Å². The number of pyridine rings is 2. The van der Waals surface area contributed by atoms with E-state index in [1.54, 1.807) is 42.2 Å². The maximum absolute atomic E-state index is 13.5. The van der Waals surface area contributed by atoms with Gasteiger partial charge in [0.25, 0.3) is 11.5 Å². The summed E-state index contributed by atoms with van der Waals surface area (Å²) >= 11 is 0. The topological polar surface area (TPSA) is 126 Å². The smallest absolute Gasteiger partial charge is 0.328 e.